The lowest BCUT2D eigenvalue weighted by Gasteiger charge is -2.36. The number of hydrogen-bond acceptors (Lipinski definition) is 4. The van der Waals surface area contributed by atoms with Crippen molar-refractivity contribution in [3.05, 3.63) is 35.9 Å². The highest BCUT2D eigenvalue weighted by Crippen LogP contribution is 2.56. The molecule has 1 aliphatic heterocycles. The second-order valence-electron chi connectivity index (χ2n) is 9.73. The monoisotopic (exact) mass is 413 g/mol. The molecule has 0 N–H and O–H groups in total. The fraction of sp³-hybridized carbons (Fsp3) is 0.680. The molecule has 1 aromatic rings. The third-order valence-corrected chi connectivity index (χ3v) is 7.31. The van der Waals surface area contributed by atoms with E-state index in [1.165, 1.54) is 6.42 Å². The van der Waals surface area contributed by atoms with Gasteiger partial charge in [-0.25, -0.2) is 0 Å². The number of nitrogens with zero attached hydrogens (tertiary/aromatic N) is 1. The minimum Gasteiger partial charge on any atom is -0.462 e. The maximum absolute atomic E-state index is 13.3. The van der Waals surface area contributed by atoms with E-state index >= 15 is 0 Å². The minimum absolute atomic E-state index is 0.0302. The molecular formula is C25H35NO4. The van der Waals surface area contributed by atoms with Gasteiger partial charge in [-0.15, -0.1) is 0 Å². The van der Waals surface area contributed by atoms with Crippen molar-refractivity contribution in [2.75, 3.05) is 26.3 Å². The van der Waals surface area contributed by atoms with E-state index in [1.54, 1.807) is 0 Å². The number of hydrogen-bond donors (Lipinski definition) is 0. The Balaban J connectivity index is 1.50. The summed E-state index contributed by atoms with van der Waals surface area (Å²) in [7, 11) is 0. The van der Waals surface area contributed by atoms with Crippen LogP contribution in [0.25, 0.3) is 0 Å². The van der Waals surface area contributed by atoms with Crippen LogP contribution in [0.2, 0.25) is 0 Å². The Hall–Kier alpha value is -1.88. The number of benzene rings is 1. The van der Waals surface area contributed by atoms with Crippen molar-refractivity contribution in [3.63, 3.8) is 0 Å². The number of rotatable bonds is 5. The molecule has 5 nitrogen and oxygen atoms in total. The quantitative estimate of drug-likeness (QED) is 0.688. The molecule has 164 valence electrons. The van der Waals surface area contributed by atoms with Gasteiger partial charge in [0.05, 0.1) is 25.0 Å². The second-order valence-corrected chi connectivity index (χ2v) is 9.73. The van der Waals surface area contributed by atoms with E-state index in [4.69, 9.17) is 9.47 Å². The van der Waals surface area contributed by atoms with Crippen LogP contribution in [0.5, 0.6) is 0 Å². The molecule has 2 aliphatic carbocycles. The van der Waals surface area contributed by atoms with Crippen molar-refractivity contribution >= 4 is 11.9 Å². The fourth-order valence-electron chi connectivity index (χ4n) is 5.47. The highest BCUT2D eigenvalue weighted by Gasteiger charge is 2.61. The highest BCUT2D eigenvalue weighted by molar-refractivity contribution is 5.93. The van der Waals surface area contributed by atoms with Crippen molar-refractivity contribution < 1.29 is 19.1 Å². The molecule has 3 aliphatic rings. The standard InChI is InChI=1S/C25H35NO4/c1-16(2)19-10-9-17(3)15-20(19)30-25(28)23-21(18-7-5-4-6-8-18)22(23)24(27)26-11-13-29-14-12-26/h4-8,16-17,19-23H,9-15H2,1-3H3/t17-,19-,20-,21+,22-,23-/m1/s1. The Kier molecular flexibility index (Phi) is 6.47. The molecule has 1 aromatic carbocycles. The Morgan fingerprint density at radius 2 is 1.77 bits per heavy atom. The van der Waals surface area contributed by atoms with Gasteiger partial charge in [0.25, 0.3) is 0 Å². The van der Waals surface area contributed by atoms with Crippen molar-refractivity contribution in [1.82, 2.24) is 4.90 Å². The summed E-state index contributed by atoms with van der Waals surface area (Å²) < 4.78 is 11.5. The van der Waals surface area contributed by atoms with Gasteiger partial charge in [-0.05, 0) is 36.2 Å². The van der Waals surface area contributed by atoms with E-state index in [9.17, 15) is 9.59 Å². The number of carbonyl (C=O) groups is 2. The first-order valence-corrected chi connectivity index (χ1v) is 11.6. The molecule has 0 bridgehead atoms. The molecule has 0 spiro atoms. The van der Waals surface area contributed by atoms with Gasteiger partial charge < -0.3 is 14.4 Å². The van der Waals surface area contributed by atoms with Crippen molar-refractivity contribution in [1.29, 1.82) is 0 Å². The van der Waals surface area contributed by atoms with Gasteiger partial charge in [-0.3, -0.25) is 9.59 Å². The number of esters is 1. The molecule has 30 heavy (non-hydrogen) atoms. The van der Waals surface area contributed by atoms with Gasteiger partial charge in [-0.1, -0.05) is 57.5 Å². The first-order valence-electron chi connectivity index (χ1n) is 11.6. The number of amides is 1. The molecule has 0 radical (unpaired) electrons. The van der Waals surface area contributed by atoms with Crippen molar-refractivity contribution in [2.24, 2.45) is 29.6 Å². The van der Waals surface area contributed by atoms with Crippen LogP contribution in [-0.2, 0) is 19.1 Å². The van der Waals surface area contributed by atoms with E-state index < -0.39 is 0 Å². The Morgan fingerprint density at radius 1 is 1.07 bits per heavy atom. The zero-order valence-electron chi connectivity index (χ0n) is 18.5. The Morgan fingerprint density at radius 3 is 2.43 bits per heavy atom. The van der Waals surface area contributed by atoms with E-state index in [0.29, 0.717) is 44.1 Å². The van der Waals surface area contributed by atoms with Gasteiger partial charge in [0.15, 0.2) is 0 Å². The molecule has 4 rings (SSSR count). The summed E-state index contributed by atoms with van der Waals surface area (Å²) in [6, 6.07) is 9.97. The van der Waals surface area contributed by atoms with Crippen LogP contribution < -0.4 is 0 Å². The molecule has 2 saturated carbocycles. The van der Waals surface area contributed by atoms with Gasteiger partial charge in [0, 0.05) is 19.0 Å². The fourth-order valence-corrected chi connectivity index (χ4v) is 5.47. The van der Waals surface area contributed by atoms with Gasteiger partial charge in [0.2, 0.25) is 5.91 Å². The third-order valence-electron chi connectivity index (χ3n) is 7.31. The zero-order valence-corrected chi connectivity index (χ0v) is 18.5. The highest BCUT2D eigenvalue weighted by atomic mass is 16.5. The lowest BCUT2D eigenvalue weighted by atomic mass is 9.75. The summed E-state index contributed by atoms with van der Waals surface area (Å²) in [4.78, 5) is 28.4. The lowest BCUT2D eigenvalue weighted by Crippen LogP contribution is -2.42. The van der Waals surface area contributed by atoms with E-state index in [2.05, 4.69) is 20.8 Å². The topological polar surface area (TPSA) is 55.8 Å². The van der Waals surface area contributed by atoms with Gasteiger partial charge in [-0.2, -0.15) is 0 Å². The maximum atomic E-state index is 13.3. The zero-order chi connectivity index (χ0) is 21.3. The molecule has 0 unspecified atom stereocenters. The Labute approximate surface area is 180 Å². The molecule has 0 aromatic heterocycles. The normalized spacial score (nSPS) is 33.9. The van der Waals surface area contributed by atoms with Gasteiger partial charge in [0.1, 0.15) is 6.10 Å². The smallest absolute Gasteiger partial charge is 0.310 e. The SMILES string of the molecule is CC(C)[C@H]1CC[C@@H](C)C[C@H]1OC(=O)[C@H]1[C@H](C(=O)N2CCOCC2)[C@@H]1c1ccccc1. The maximum Gasteiger partial charge on any atom is 0.310 e. The summed E-state index contributed by atoms with van der Waals surface area (Å²) in [6.45, 7) is 9.03. The summed E-state index contributed by atoms with van der Waals surface area (Å²) in [5, 5.41) is 0. The van der Waals surface area contributed by atoms with Crippen LogP contribution in [-0.4, -0.2) is 49.2 Å². The summed E-state index contributed by atoms with van der Waals surface area (Å²) in [5.41, 5.74) is 1.06. The molecular weight excluding hydrogens is 378 g/mol. The summed E-state index contributed by atoms with van der Waals surface area (Å²) >= 11 is 0. The number of carbonyl (C=O) groups excluding carboxylic acids is 2. The van der Waals surface area contributed by atoms with E-state index in [0.717, 1.165) is 18.4 Å². The molecule has 1 amide bonds. The predicted octanol–water partition coefficient (Wildman–Crippen LogP) is 3.88. The first kappa shape index (κ1) is 21.4. The average molecular weight is 414 g/mol. The van der Waals surface area contributed by atoms with E-state index in [-0.39, 0.29) is 35.7 Å². The van der Waals surface area contributed by atoms with Crippen molar-refractivity contribution in [2.45, 2.75) is 52.1 Å². The molecule has 3 fully saturated rings. The van der Waals surface area contributed by atoms with Crippen LogP contribution in [0.3, 0.4) is 0 Å². The molecule has 1 heterocycles. The third kappa shape index (κ3) is 4.41. The van der Waals surface area contributed by atoms with Crippen LogP contribution in [0.1, 0.15) is 51.5 Å². The van der Waals surface area contributed by atoms with Crippen LogP contribution in [0, 0.1) is 29.6 Å². The average Bonchev–Trinajstić information content (AvgIpc) is 3.50. The minimum atomic E-state index is -0.368. The Bertz CT molecular complexity index is 743. The van der Waals surface area contributed by atoms with Crippen LogP contribution >= 0.6 is 0 Å². The summed E-state index contributed by atoms with van der Waals surface area (Å²) in [5.74, 6) is 0.619. The molecule has 1 saturated heterocycles. The number of ether oxygens (including phenoxy) is 2. The van der Waals surface area contributed by atoms with Crippen molar-refractivity contribution in [3.8, 4) is 0 Å². The summed E-state index contributed by atoms with van der Waals surface area (Å²) in [6.07, 6.45) is 3.21. The predicted molar refractivity (Wildman–Crippen MR) is 115 cm³/mol. The van der Waals surface area contributed by atoms with Crippen LogP contribution in [0.4, 0.5) is 0 Å². The second kappa shape index (κ2) is 9.09. The lowest BCUT2D eigenvalue weighted by molar-refractivity contribution is -0.159. The first-order chi connectivity index (χ1) is 14.5. The van der Waals surface area contributed by atoms with Crippen LogP contribution in [0.15, 0.2) is 30.3 Å². The molecule has 6 atom stereocenters. The number of morpholine rings is 1. The molecule has 5 heteroatoms. The van der Waals surface area contributed by atoms with Gasteiger partial charge >= 0.3 is 5.97 Å². The largest absolute Gasteiger partial charge is 0.462 e. The van der Waals surface area contributed by atoms with E-state index in [1.807, 2.05) is 35.2 Å².